The number of nitrogens with zero attached hydrogens (tertiary/aromatic N) is 1. The van der Waals surface area contributed by atoms with E-state index in [4.69, 9.17) is 9.47 Å². The Kier molecular flexibility index (Phi) is 5.36. The molecule has 1 fully saturated rings. The van der Waals surface area contributed by atoms with Gasteiger partial charge in [0.2, 0.25) is 5.91 Å². The van der Waals surface area contributed by atoms with Crippen molar-refractivity contribution in [2.45, 2.75) is 18.9 Å². The fourth-order valence-corrected chi connectivity index (χ4v) is 2.47. The number of carbonyl (C=O) groups is 1. The fraction of sp³-hybridized carbons (Fsp3) is 0.533. The molecule has 104 valence electrons. The second-order valence-corrected chi connectivity index (χ2v) is 4.70. The molecular formula is C15H21NO3. The third kappa shape index (κ3) is 3.78. The first-order chi connectivity index (χ1) is 9.33. The van der Waals surface area contributed by atoms with Crippen LogP contribution in [-0.2, 0) is 14.3 Å². The molecule has 1 saturated heterocycles. The van der Waals surface area contributed by atoms with E-state index in [2.05, 4.69) is 12.1 Å². The number of hydrogen-bond donors (Lipinski definition) is 0. The predicted octanol–water partition coefficient (Wildman–Crippen LogP) is 2.01. The highest BCUT2D eigenvalue weighted by Crippen LogP contribution is 2.31. The molecule has 1 unspecified atom stereocenters. The van der Waals surface area contributed by atoms with Crippen molar-refractivity contribution in [1.82, 2.24) is 4.90 Å². The normalized spacial score (nSPS) is 18.8. The lowest BCUT2D eigenvalue weighted by atomic mass is 10.0. The summed E-state index contributed by atoms with van der Waals surface area (Å²) in [5.74, 6) is 0.0717. The van der Waals surface area contributed by atoms with E-state index in [-0.39, 0.29) is 18.6 Å². The van der Waals surface area contributed by atoms with Gasteiger partial charge in [0, 0.05) is 13.7 Å². The number of benzene rings is 1. The molecule has 19 heavy (non-hydrogen) atoms. The summed E-state index contributed by atoms with van der Waals surface area (Å²) < 4.78 is 10.2. The molecule has 0 saturated carbocycles. The summed E-state index contributed by atoms with van der Waals surface area (Å²) in [4.78, 5) is 14.1. The maximum Gasteiger partial charge on any atom is 0.249 e. The molecule has 1 amide bonds. The predicted molar refractivity (Wildman–Crippen MR) is 72.8 cm³/mol. The van der Waals surface area contributed by atoms with Gasteiger partial charge in [-0.2, -0.15) is 0 Å². The summed E-state index contributed by atoms with van der Waals surface area (Å²) in [6.07, 6.45) is 2.09. The Hall–Kier alpha value is -1.39. The van der Waals surface area contributed by atoms with Crippen molar-refractivity contribution in [2.75, 3.05) is 33.5 Å². The van der Waals surface area contributed by atoms with Gasteiger partial charge in [0.05, 0.1) is 19.3 Å². The molecule has 0 bridgehead atoms. The Morgan fingerprint density at radius 3 is 2.84 bits per heavy atom. The van der Waals surface area contributed by atoms with Crippen LogP contribution >= 0.6 is 0 Å². The van der Waals surface area contributed by atoms with Gasteiger partial charge in [-0.3, -0.25) is 4.79 Å². The van der Waals surface area contributed by atoms with Gasteiger partial charge in [0.25, 0.3) is 0 Å². The van der Waals surface area contributed by atoms with E-state index in [1.807, 2.05) is 23.1 Å². The van der Waals surface area contributed by atoms with E-state index in [0.717, 1.165) is 19.4 Å². The van der Waals surface area contributed by atoms with Crippen molar-refractivity contribution < 1.29 is 14.3 Å². The van der Waals surface area contributed by atoms with Crippen molar-refractivity contribution >= 4 is 5.91 Å². The molecule has 1 heterocycles. The molecule has 4 heteroatoms. The summed E-state index contributed by atoms with van der Waals surface area (Å²) >= 11 is 0. The van der Waals surface area contributed by atoms with Gasteiger partial charge in [-0.25, -0.2) is 0 Å². The average molecular weight is 263 g/mol. The maximum atomic E-state index is 12.2. The van der Waals surface area contributed by atoms with Gasteiger partial charge >= 0.3 is 0 Å². The SMILES string of the molecule is COCCOCC(=O)N1CCCC1c1ccccc1. The van der Waals surface area contributed by atoms with E-state index in [1.54, 1.807) is 7.11 Å². The van der Waals surface area contributed by atoms with E-state index in [0.29, 0.717) is 13.2 Å². The lowest BCUT2D eigenvalue weighted by Crippen LogP contribution is -2.33. The zero-order valence-electron chi connectivity index (χ0n) is 11.4. The first kappa shape index (κ1) is 14.0. The molecule has 1 aliphatic heterocycles. The van der Waals surface area contributed by atoms with Crippen molar-refractivity contribution in [2.24, 2.45) is 0 Å². The Bertz CT molecular complexity index is 394. The largest absolute Gasteiger partial charge is 0.382 e. The summed E-state index contributed by atoms with van der Waals surface area (Å²) in [7, 11) is 1.62. The van der Waals surface area contributed by atoms with Gasteiger partial charge in [0.15, 0.2) is 0 Å². The molecular weight excluding hydrogens is 242 g/mol. The number of methoxy groups -OCH3 is 1. The number of hydrogen-bond acceptors (Lipinski definition) is 3. The first-order valence-electron chi connectivity index (χ1n) is 6.74. The molecule has 1 aliphatic rings. The maximum absolute atomic E-state index is 12.2. The fourth-order valence-electron chi connectivity index (χ4n) is 2.47. The Morgan fingerprint density at radius 1 is 1.32 bits per heavy atom. The summed E-state index contributed by atoms with van der Waals surface area (Å²) in [6.45, 7) is 1.96. The highest BCUT2D eigenvalue weighted by Gasteiger charge is 2.29. The third-order valence-corrected chi connectivity index (χ3v) is 3.41. The van der Waals surface area contributed by atoms with Crippen LogP contribution in [0.5, 0.6) is 0 Å². The van der Waals surface area contributed by atoms with Gasteiger partial charge < -0.3 is 14.4 Å². The van der Waals surface area contributed by atoms with E-state index in [9.17, 15) is 4.79 Å². The monoisotopic (exact) mass is 263 g/mol. The number of ether oxygens (including phenoxy) is 2. The second kappa shape index (κ2) is 7.26. The molecule has 1 aromatic carbocycles. The van der Waals surface area contributed by atoms with Crippen LogP contribution in [0.25, 0.3) is 0 Å². The number of likely N-dealkylation sites (tertiary alicyclic amines) is 1. The minimum Gasteiger partial charge on any atom is -0.382 e. The smallest absolute Gasteiger partial charge is 0.249 e. The lowest BCUT2D eigenvalue weighted by molar-refractivity contribution is -0.137. The molecule has 0 radical (unpaired) electrons. The topological polar surface area (TPSA) is 38.8 Å². The van der Waals surface area contributed by atoms with Crippen LogP contribution in [0.2, 0.25) is 0 Å². The Labute approximate surface area is 114 Å². The zero-order chi connectivity index (χ0) is 13.5. The molecule has 0 aliphatic carbocycles. The lowest BCUT2D eigenvalue weighted by Gasteiger charge is -2.25. The van der Waals surface area contributed by atoms with E-state index < -0.39 is 0 Å². The standard InChI is InChI=1S/C15H21NO3/c1-18-10-11-19-12-15(17)16-9-5-8-14(16)13-6-3-2-4-7-13/h2-4,6-7,14H,5,8-12H2,1H3. The third-order valence-electron chi connectivity index (χ3n) is 3.41. The van der Waals surface area contributed by atoms with Gasteiger partial charge in [-0.15, -0.1) is 0 Å². The molecule has 2 rings (SSSR count). The first-order valence-corrected chi connectivity index (χ1v) is 6.74. The van der Waals surface area contributed by atoms with Crippen LogP contribution < -0.4 is 0 Å². The van der Waals surface area contributed by atoms with Crippen LogP contribution in [0.1, 0.15) is 24.4 Å². The van der Waals surface area contributed by atoms with E-state index >= 15 is 0 Å². The number of carbonyl (C=O) groups excluding carboxylic acids is 1. The highest BCUT2D eigenvalue weighted by atomic mass is 16.5. The molecule has 1 atom stereocenters. The van der Waals surface area contributed by atoms with Gasteiger partial charge in [-0.05, 0) is 18.4 Å². The molecule has 0 N–H and O–H groups in total. The summed E-state index contributed by atoms with van der Waals surface area (Å²) in [5.41, 5.74) is 1.21. The average Bonchev–Trinajstić information content (AvgIpc) is 2.94. The molecule has 0 aromatic heterocycles. The zero-order valence-corrected chi connectivity index (χ0v) is 11.4. The van der Waals surface area contributed by atoms with Gasteiger partial charge in [-0.1, -0.05) is 30.3 Å². The molecule has 4 nitrogen and oxygen atoms in total. The Morgan fingerprint density at radius 2 is 2.11 bits per heavy atom. The van der Waals surface area contributed by atoms with E-state index in [1.165, 1.54) is 5.56 Å². The minimum absolute atomic E-state index is 0.0717. The second-order valence-electron chi connectivity index (χ2n) is 4.70. The summed E-state index contributed by atoms with van der Waals surface area (Å²) in [6, 6.07) is 10.4. The van der Waals surface area contributed by atoms with Crippen LogP contribution in [0.4, 0.5) is 0 Å². The number of amides is 1. The highest BCUT2D eigenvalue weighted by molar-refractivity contribution is 5.78. The van der Waals surface area contributed by atoms with Crippen molar-refractivity contribution in [3.63, 3.8) is 0 Å². The van der Waals surface area contributed by atoms with Crippen LogP contribution in [0, 0.1) is 0 Å². The van der Waals surface area contributed by atoms with Crippen LogP contribution in [0.3, 0.4) is 0 Å². The van der Waals surface area contributed by atoms with Gasteiger partial charge in [0.1, 0.15) is 6.61 Å². The van der Waals surface area contributed by atoms with Crippen molar-refractivity contribution in [3.8, 4) is 0 Å². The number of rotatable bonds is 6. The van der Waals surface area contributed by atoms with Crippen LogP contribution in [0.15, 0.2) is 30.3 Å². The molecule has 1 aromatic rings. The van der Waals surface area contributed by atoms with Crippen LogP contribution in [-0.4, -0.2) is 44.3 Å². The quantitative estimate of drug-likeness (QED) is 0.737. The molecule has 0 spiro atoms. The summed E-state index contributed by atoms with van der Waals surface area (Å²) in [5, 5.41) is 0. The minimum atomic E-state index is 0.0717. The van der Waals surface area contributed by atoms with Crippen molar-refractivity contribution in [3.05, 3.63) is 35.9 Å². The van der Waals surface area contributed by atoms with Crippen molar-refractivity contribution in [1.29, 1.82) is 0 Å². The Balaban J connectivity index is 1.90.